The van der Waals surface area contributed by atoms with Crippen molar-refractivity contribution in [1.29, 1.82) is 0 Å². The van der Waals surface area contributed by atoms with E-state index in [1.807, 2.05) is 6.08 Å². The minimum absolute atomic E-state index is 0.0741. The summed E-state index contributed by atoms with van der Waals surface area (Å²) in [5.74, 6) is 1.50. The molecule has 0 aromatic rings. The molecule has 2 heteroatoms. The van der Waals surface area contributed by atoms with Crippen LogP contribution in [0.3, 0.4) is 0 Å². The minimum Gasteiger partial charge on any atom is -0.396 e. The predicted molar refractivity (Wildman–Crippen MR) is 89.4 cm³/mol. The Balaban J connectivity index is 2.03. The summed E-state index contributed by atoms with van der Waals surface area (Å²) < 4.78 is 0. The fraction of sp³-hybridized carbons (Fsp3) is 0.750. The van der Waals surface area contributed by atoms with Crippen molar-refractivity contribution in [3.05, 3.63) is 22.8 Å². The molecule has 0 aromatic carbocycles. The van der Waals surface area contributed by atoms with E-state index < -0.39 is 0 Å². The number of fused-ring (bicyclic) bond motifs is 2. The van der Waals surface area contributed by atoms with E-state index >= 15 is 0 Å². The summed E-state index contributed by atoms with van der Waals surface area (Å²) in [5.41, 5.74) is 4.27. The number of aliphatic hydroxyl groups excluding tert-OH is 1. The zero-order valence-electron chi connectivity index (χ0n) is 14.5. The number of ketones is 1. The Kier molecular flexibility index (Phi) is 3.87. The largest absolute Gasteiger partial charge is 0.396 e. The second-order valence-electron chi connectivity index (χ2n) is 8.57. The van der Waals surface area contributed by atoms with Gasteiger partial charge in [-0.15, -0.1) is 0 Å². The van der Waals surface area contributed by atoms with Gasteiger partial charge in [0.15, 0.2) is 5.78 Å². The van der Waals surface area contributed by atoms with Crippen molar-refractivity contribution in [2.45, 2.75) is 66.2 Å². The third-order valence-corrected chi connectivity index (χ3v) is 6.69. The van der Waals surface area contributed by atoms with Crippen molar-refractivity contribution >= 4 is 5.78 Å². The van der Waals surface area contributed by atoms with Gasteiger partial charge in [0, 0.05) is 12.0 Å². The van der Waals surface area contributed by atoms with Gasteiger partial charge in [-0.05, 0) is 66.6 Å². The second kappa shape index (κ2) is 5.33. The lowest BCUT2D eigenvalue weighted by Gasteiger charge is -2.50. The molecular formula is C20H30O2. The predicted octanol–water partition coefficient (Wildman–Crippen LogP) is 4.44. The van der Waals surface area contributed by atoms with Gasteiger partial charge in [-0.25, -0.2) is 0 Å². The van der Waals surface area contributed by atoms with E-state index in [1.165, 1.54) is 11.1 Å². The molecular weight excluding hydrogens is 272 g/mol. The van der Waals surface area contributed by atoms with Gasteiger partial charge in [-0.2, -0.15) is 0 Å². The van der Waals surface area contributed by atoms with Crippen LogP contribution >= 0.6 is 0 Å². The number of hydrogen-bond donors (Lipinski definition) is 1. The summed E-state index contributed by atoms with van der Waals surface area (Å²) in [6, 6.07) is 0. The number of carbonyl (C=O) groups excluding carboxylic acids is 1. The second-order valence-corrected chi connectivity index (χ2v) is 8.57. The van der Waals surface area contributed by atoms with Gasteiger partial charge in [-0.1, -0.05) is 39.7 Å². The lowest BCUT2D eigenvalue weighted by atomic mass is 9.55. The number of carbonyl (C=O) groups is 1. The summed E-state index contributed by atoms with van der Waals surface area (Å²) in [6.45, 7) is 9.00. The molecule has 0 radical (unpaired) electrons. The SMILES string of the molecule is CC[C@H]1[C@@H]2CCC3=CC(=O)C(C)(C)CC3=C2CC[C@]1(C)CO. The molecule has 3 rings (SSSR count). The molecule has 2 nitrogen and oxygen atoms in total. The van der Waals surface area contributed by atoms with Crippen LogP contribution in [0.1, 0.15) is 66.2 Å². The van der Waals surface area contributed by atoms with Crippen LogP contribution in [0.5, 0.6) is 0 Å². The van der Waals surface area contributed by atoms with Crippen LogP contribution in [0.15, 0.2) is 22.8 Å². The topological polar surface area (TPSA) is 37.3 Å². The highest BCUT2D eigenvalue weighted by Crippen LogP contribution is 2.55. The first kappa shape index (κ1) is 16.0. The molecule has 0 unspecified atom stereocenters. The average Bonchev–Trinajstić information content (AvgIpc) is 2.48. The molecule has 122 valence electrons. The Hall–Kier alpha value is -0.890. The Morgan fingerprint density at radius 1 is 1.27 bits per heavy atom. The average molecular weight is 302 g/mol. The van der Waals surface area contributed by atoms with Crippen molar-refractivity contribution < 1.29 is 9.90 Å². The summed E-state index contributed by atoms with van der Waals surface area (Å²) >= 11 is 0. The fourth-order valence-electron chi connectivity index (χ4n) is 5.18. The summed E-state index contributed by atoms with van der Waals surface area (Å²) in [7, 11) is 0. The van der Waals surface area contributed by atoms with E-state index in [2.05, 4.69) is 27.7 Å². The van der Waals surface area contributed by atoms with Gasteiger partial charge >= 0.3 is 0 Å². The van der Waals surface area contributed by atoms with Gasteiger partial charge in [0.25, 0.3) is 0 Å². The standard InChI is InChI=1S/C20H30O2/c1-5-17-15-7-6-13-10-18(22)19(2,3)11-16(13)14(15)8-9-20(17,4)12-21/h10,15,17,21H,5-9,11-12H2,1-4H3/t15-,17+,20-/m1/s1. The monoisotopic (exact) mass is 302 g/mol. The van der Waals surface area contributed by atoms with Gasteiger partial charge in [0.1, 0.15) is 0 Å². The Labute approximate surface area is 134 Å². The van der Waals surface area contributed by atoms with Crippen LogP contribution in [-0.4, -0.2) is 17.5 Å². The Morgan fingerprint density at radius 3 is 2.64 bits per heavy atom. The third kappa shape index (κ3) is 2.31. The number of aliphatic hydroxyl groups is 1. The van der Waals surface area contributed by atoms with Crippen LogP contribution in [0, 0.1) is 22.7 Å². The van der Waals surface area contributed by atoms with Gasteiger partial charge < -0.3 is 5.11 Å². The lowest BCUT2D eigenvalue weighted by molar-refractivity contribution is -0.122. The molecule has 0 aliphatic heterocycles. The van der Waals surface area contributed by atoms with E-state index in [0.717, 1.165) is 38.5 Å². The van der Waals surface area contributed by atoms with Crippen molar-refractivity contribution in [2.24, 2.45) is 22.7 Å². The van der Waals surface area contributed by atoms with E-state index in [-0.39, 0.29) is 10.8 Å². The zero-order valence-corrected chi connectivity index (χ0v) is 14.5. The number of hydrogen-bond acceptors (Lipinski definition) is 2. The highest BCUT2D eigenvalue weighted by atomic mass is 16.3. The summed E-state index contributed by atoms with van der Waals surface area (Å²) in [6.07, 6.45) is 8.38. The van der Waals surface area contributed by atoms with Gasteiger partial charge in [0.05, 0.1) is 0 Å². The highest BCUT2D eigenvalue weighted by molar-refractivity contribution is 5.97. The molecule has 0 bridgehead atoms. The van der Waals surface area contributed by atoms with Crippen molar-refractivity contribution in [3.8, 4) is 0 Å². The van der Waals surface area contributed by atoms with Crippen LogP contribution < -0.4 is 0 Å². The Bertz CT molecular complexity index is 552. The molecule has 0 saturated heterocycles. The van der Waals surface area contributed by atoms with Crippen LogP contribution in [0.4, 0.5) is 0 Å². The van der Waals surface area contributed by atoms with E-state index in [9.17, 15) is 9.90 Å². The normalized spacial score (nSPS) is 37.5. The molecule has 0 spiro atoms. The first-order valence-corrected chi connectivity index (χ1v) is 8.90. The molecule has 0 aromatic heterocycles. The van der Waals surface area contributed by atoms with E-state index in [4.69, 9.17) is 0 Å². The lowest BCUT2D eigenvalue weighted by Crippen LogP contribution is -2.43. The smallest absolute Gasteiger partial charge is 0.161 e. The van der Waals surface area contributed by atoms with E-state index in [0.29, 0.717) is 24.2 Å². The van der Waals surface area contributed by atoms with Gasteiger partial charge in [0.2, 0.25) is 0 Å². The molecule has 3 aliphatic rings. The molecule has 0 amide bonds. The summed E-state index contributed by atoms with van der Waals surface area (Å²) in [4.78, 5) is 12.3. The quantitative estimate of drug-likeness (QED) is 0.819. The molecule has 1 N–H and O–H groups in total. The van der Waals surface area contributed by atoms with Gasteiger partial charge in [-0.3, -0.25) is 4.79 Å². The molecule has 0 heterocycles. The zero-order chi connectivity index (χ0) is 16.1. The van der Waals surface area contributed by atoms with Crippen molar-refractivity contribution in [1.82, 2.24) is 0 Å². The molecule has 1 fully saturated rings. The van der Waals surface area contributed by atoms with Crippen LogP contribution in [-0.2, 0) is 4.79 Å². The maximum atomic E-state index is 12.3. The molecule has 3 atom stereocenters. The third-order valence-electron chi connectivity index (χ3n) is 6.69. The van der Waals surface area contributed by atoms with Crippen LogP contribution in [0.2, 0.25) is 0 Å². The minimum atomic E-state index is -0.243. The van der Waals surface area contributed by atoms with E-state index in [1.54, 1.807) is 5.57 Å². The number of allylic oxidation sites excluding steroid dienone is 4. The molecule has 22 heavy (non-hydrogen) atoms. The highest BCUT2D eigenvalue weighted by Gasteiger charge is 2.46. The molecule has 1 saturated carbocycles. The van der Waals surface area contributed by atoms with Crippen molar-refractivity contribution in [2.75, 3.05) is 6.61 Å². The Morgan fingerprint density at radius 2 is 2.00 bits per heavy atom. The fourth-order valence-corrected chi connectivity index (χ4v) is 5.18. The maximum absolute atomic E-state index is 12.3. The first-order chi connectivity index (χ1) is 10.3. The first-order valence-electron chi connectivity index (χ1n) is 8.90. The van der Waals surface area contributed by atoms with Crippen molar-refractivity contribution in [3.63, 3.8) is 0 Å². The summed E-state index contributed by atoms with van der Waals surface area (Å²) in [5, 5.41) is 9.92. The molecule has 3 aliphatic carbocycles. The van der Waals surface area contributed by atoms with Crippen LogP contribution in [0.25, 0.3) is 0 Å². The number of rotatable bonds is 2. The maximum Gasteiger partial charge on any atom is 0.161 e.